The molecule has 2 heterocycles. The van der Waals surface area contributed by atoms with Gasteiger partial charge >= 0.3 is 5.97 Å². The van der Waals surface area contributed by atoms with Crippen LogP contribution >= 0.6 is 94.5 Å². The Balaban J connectivity index is -0.00000216. The Bertz CT molecular complexity index is 1240. The van der Waals surface area contributed by atoms with Crippen LogP contribution in [0.3, 0.4) is 0 Å². The number of aliphatic hydroxyl groups excluding tert-OH is 2. The number of hydrogen-bond donors (Lipinski definition) is 6. The van der Waals surface area contributed by atoms with Gasteiger partial charge in [-0.2, -0.15) is 94.5 Å². The van der Waals surface area contributed by atoms with Gasteiger partial charge in [0.25, 0.3) is 0 Å². The summed E-state index contributed by atoms with van der Waals surface area (Å²) >= 11 is 0. The van der Waals surface area contributed by atoms with Crippen molar-refractivity contribution in [3.63, 3.8) is 0 Å². The molecule has 6 N–H and O–H groups in total. The van der Waals surface area contributed by atoms with Crippen molar-refractivity contribution in [2.24, 2.45) is 29.6 Å². The molecule has 0 aromatic heterocycles. The summed E-state index contributed by atoms with van der Waals surface area (Å²) in [5.74, 6) is -3.67. The molecule has 0 spiro atoms. The number of ether oxygens (including phenoxy) is 5. The molecular formula is C39H86N2O11S7. The van der Waals surface area contributed by atoms with Gasteiger partial charge in [-0.05, 0) is 92.8 Å². The molecule has 0 radical (unpaired) electrons. The minimum atomic E-state index is -1.78. The minimum absolute atomic E-state index is 0. The maximum absolute atomic E-state index is 14.8. The van der Waals surface area contributed by atoms with Crippen LogP contribution in [-0.2, 0) is 28.5 Å². The zero-order chi connectivity index (χ0) is 39.3. The zero-order valence-corrected chi connectivity index (χ0v) is 44.5. The van der Waals surface area contributed by atoms with Gasteiger partial charge < -0.3 is 59.4 Å². The first-order valence-corrected chi connectivity index (χ1v) is 19.7. The van der Waals surface area contributed by atoms with E-state index in [1.54, 1.807) is 27.9 Å². The lowest BCUT2D eigenvalue weighted by molar-refractivity contribution is -0.325. The largest absolute Gasteiger partial charge is 0.459 e. The standard InChI is InChI=1S/C39H72N2O11.7H2S/c1-14-27-37(9,45)32(43)24(7)40-19-20(3)29-28(34(44)51-27)31(50-25-16-21(4)39(47,15-2)36(8,18-25)48-13)23(6)33(38(29,10)46)52-35-30(42)26(41(11)12)17-22(5)49-35;;;;;;;/h20-33,35,40,42-43,45-47H,14-19H2,1-13H3;7*1H2/t20-,21+,22+,23-,24?,25+,26-,27+,28?,29?,30+,31-,32+,33+,35-,36?,37+,38+,39?;;;;;;;/m0......./s1. The van der Waals surface area contributed by atoms with E-state index in [-0.39, 0.29) is 131 Å². The number of rotatable bonds is 8. The number of nitrogens with one attached hydrogen (secondary N) is 1. The molecule has 0 bridgehead atoms. The SMILES string of the molecule is CC[C@H]1OC(=O)C2C([C@@H](C)CNC(C)[C@@H](O)[C@]1(C)O)[C@@](C)(O)[C@H](O[C@@H]1O[C@H](C)C[C@H](N(C)C)[C@H]1O)[C@@H](C)[C@@H]2O[C@@H]1C[C@@H](C)C(O)(CC)C(C)(OC)C1.S.S.S.S.S.S.S. The van der Waals surface area contributed by atoms with Gasteiger partial charge in [0, 0.05) is 37.5 Å². The highest BCUT2D eigenvalue weighted by Crippen LogP contribution is 2.52. The Labute approximate surface area is 404 Å². The average molecular weight is 984 g/mol. The Kier molecular flexibility index (Phi) is 29.5. The van der Waals surface area contributed by atoms with Crippen molar-refractivity contribution in [1.82, 2.24) is 10.2 Å². The molecule has 20 heteroatoms. The molecule has 4 aliphatic rings. The molecule has 2 aliphatic carbocycles. The number of carbonyl (C=O) groups is 1. The van der Waals surface area contributed by atoms with Gasteiger partial charge in [-0.1, -0.05) is 34.6 Å². The molecule has 13 nitrogen and oxygen atoms in total. The van der Waals surface area contributed by atoms with E-state index >= 15 is 0 Å². The molecule has 360 valence electrons. The van der Waals surface area contributed by atoms with E-state index in [0.29, 0.717) is 25.7 Å². The summed E-state index contributed by atoms with van der Waals surface area (Å²) in [5.41, 5.74) is -5.48. The van der Waals surface area contributed by atoms with Crippen LogP contribution in [0, 0.1) is 29.6 Å². The van der Waals surface area contributed by atoms with Gasteiger partial charge in [0.05, 0.1) is 47.1 Å². The Morgan fingerprint density at radius 3 is 1.92 bits per heavy atom. The Morgan fingerprint density at radius 1 is 0.864 bits per heavy atom. The summed E-state index contributed by atoms with van der Waals surface area (Å²) in [5, 5.41) is 62.4. The molecule has 0 aromatic carbocycles. The van der Waals surface area contributed by atoms with Crippen molar-refractivity contribution in [2.45, 2.75) is 185 Å². The average Bonchev–Trinajstić information content (AvgIpc) is 3.08. The lowest BCUT2D eigenvalue weighted by Gasteiger charge is -2.58. The number of aliphatic hydroxyl groups is 5. The van der Waals surface area contributed by atoms with Crippen molar-refractivity contribution in [3.8, 4) is 0 Å². The molecule has 59 heavy (non-hydrogen) atoms. The van der Waals surface area contributed by atoms with Gasteiger partial charge in [0.15, 0.2) is 6.29 Å². The molecular weight excluding hydrogens is 897 g/mol. The summed E-state index contributed by atoms with van der Waals surface area (Å²) in [6.07, 6.45) is -4.67. The number of esters is 1. The molecule has 2 aliphatic heterocycles. The maximum Gasteiger partial charge on any atom is 0.312 e. The smallest absolute Gasteiger partial charge is 0.312 e. The van der Waals surface area contributed by atoms with Crippen LogP contribution in [0.4, 0.5) is 0 Å². The fourth-order valence-electron chi connectivity index (χ4n) is 10.5. The van der Waals surface area contributed by atoms with Gasteiger partial charge in [0.1, 0.15) is 23.9 Å². The van der Waals surface area contributed by atoms with Gasteiger partial charge in [0.2, 0.25) is 0 Å². The third-order valence-electron chi connectivity index (χ3n) is 13.8. The summed E-state index contributed by atoms with van der Waals surface area (Å²) in [6, 6.07) is -0.816. The van der Waals surface area contributed by atoms with E-state index in [1.807, 2.05) is 60.5 Å². The van der Waals surface area contributed by atoms with Crippen molar-refractivity contribution in [1.29, 1.82) is 0 Å². The van der Waals surface area contributed by atoms with Crippen LogP contribution in [0.1, 0.15) is 101 Å². The highest BCUT2D eigenvalue weighted by molar-refractivity contribution is 7.60. The van der Waals surface area contributed by atoms with Crippen LogP contribution in [-0.4, -0.2) is 148 Å². The lowest BCUT2D eigenvalue weighted by Crippen LogP contribution is -2.69. The van der Waals surface area contributed by atoms with Crippen LogP contribution in [0.25, 0.3) is 0 Å². The van der Waals surface area contributed by atoms with Crippen LogP contribution in [0.15, 0.2) is 0 Å². The predicted molar refractivity (Wildman–Crippen MR) is 268 cm³/mol. The molecule has 19 atom stereocenters. The lowest BCUT2D eigenvalue weighted by atomic mass is 9.58. The molecule has 4 fully saturated rings. The van der Waals surface area contributed by atoms with Gasteiger partial charge in [-0.15, -0.1) is 0 Å². The Morgan fingerprint density at radius 2 is 1.42 bits per heavy atom. The first kappa shape index (κ1) is 67.1. The highest BCUT2D eigenvalue weighted by Gasteiger charge is 2.63. The quantitative estimate of drug-likeness (QED) is 0.196. The topological polar surface area (TPSA) is 180 Å². The molecule has 2 saturated heterocycles. The number of hydrogen-bond acceptors (Lipinski definition) is 13. The molecule has 4 rings (SSSR count). The van der Waals surface area contributed by atoms with E-state index in [2.05, 4.69) is 5.32 Å². The molecule has 5 unspecified atom stereocenters. The number of nitrogens with zero attached hydrogens (tertiary/aromatic N) is 1. The van der Waals surface area contributed by atoms with Crippen LogP contribution in [0.5, 0.6) is 0 Å². The number of carbonyl (C=O) groups excluding carboxylic acids is 1. The maximum atomic E-state index is 14.8. The van der Waals surface area contributed by atoms with E-state index in [4.69, 9.17) is 23.7 Å². The summed E-state index contributed by atoms with van der Waals surface area (Å²) in [4.78, 5) is 16.7. The third-order valence-corrected chi connectivity index (χ3v) is 13.8. The number of fused-ring (bicyclic) bond motifs is 1. The summed E-state index contributed by atoms with van der Waals surface area (Å²) < 4.78 is 32.2. The fourth-order valence-corrected chi connectivity index (χ4v) is 10.5. The van der Waals surface area contributed by atoms with Crippen molar-refractivity contribution >= 4 is 100 Å². The van der Waals surface area contributed by atoms with Gasteiger partial charge in [-0.3, -0.25) is 4.79 Å². The number of methoxy groups -OCH3 is 1. The number of likely N-dealkylation sites (N-methyl/N-ethyl adjacent to an activating group) is 1. The normalized spacial score (nSPS) is 46.2. The van der Waals surface area contributed by atoms with Gasteiger partial charge in [-0.25, -0.2) is 0 Å². The highest BCUT2D eigenvalue weighted by atomic mass is 32.1. The van der Waals surface area contributed by atoms with Crippen LogP contribution < -0.4 is 5.32 Å². The predicted octanol–water partition coefficient (Wildman–Crippen LogP) is 3.01. The summed E-state index contributed by atoms with van der Waals surface area (Å²) in [6.45, 7) is 18.6. The van der Waals surface area contributed by atoms with E-state index in [1.165, 1.54) is 6.92 Å². The second-order valence-electron chi connectivity index (χ2n) is 17.7. The Hall–Kier alpha value is 1.48. The molecule has 0 aromatic rings. The van der Waals surface area contributed by atoms with Crippen molar-refractivity contribution in [2.75, 3.05) is 27.7 Å². The second kappa shape index (κ2) is 26.0. The van der Waals surface area contributed by atoms with Crippen molar-refractivity contribution < 1.29 is 54.0 Å². The van der Waals surface area contributed by atoms with Crippen molar-refractivity contribution in [3.05, 3.63) is 0 Å². The summed E-state index contributed by atoms with van der Waals surface area (Å²) in [7, 11) is 5.39. The zero-order valence-electron chi connectivity index (χ0n) is 37.5. The van der Waals surface area contributed by atoms with E-state index in [0.717, 1.165) is 0 Å². The third kappa shape index (κ3) is 13.1. The fraction of sp³-hybridized carbons (Fsp3) is 0.974. The van der Waals surface area contributed by atoms with E-state index in [9.17, 15) is 30.3 Å². The monoisotopic (exact) mass is 982 g/mol. The van der Waals surface area contributed by atoms with E-state index < -0.39 is 95.1 Å². The second-order valence-corrected chi connectivity index (χ2v) is 17.7. The number of cyclic esters (lactones) is 1. The first-order chi connectivity index (χ1) is 24.0. The first-order valence-electron chi connectivity index (χ1n) is 19.7. The molecule has 0 amide bonds. The molecule has 2 saturated carbocycles. The minimum Gasteiger partial charge on any atom is -0.459 e. The van der Waals surface area contributed by atoms with Crippen LogP contribution in [0.2, 0.25) is 0 Å².